The fraction of sp³-hybridized carbons (Fsp3) is 0.333. The Bertz CT molecular complexity index is 830. The van der Waals surface area contributed by atoms with Crippen molar-refractivity contribution in [1.82, 2.24) is 9.47 Å². The molecule has 23 heavy (non-hydrogen) atoms. The van der Waals surface area contributed by atoms with E-state index in [1.807, 2.05) is 21.6 Å². The molecule has 2 aromatic rings. The quantitative estimate of drug-likeness (QED) is 0.808. The van der Waals surface area contributed by atoms with Gasteiger partial charge in [-0.3, -0.25) is 9.59 Å². The number of carbonyl (C=O) groups excluding carboxylic acids is 1. The molecule has 1 aromatic heterocycles. The maximum absolute atomic E-state index is 12.8. The summed E-state index contributed by atoms with van der Waals surface area (Å²) in [7, 11) is 0. The molecule has 2 aliphatic rings. The maximum atomic E-state index is 12.8. The molecule has 0 aliphatic carbocycles. The Morgan fingerprint density at radius 2 is 1.91 bits per heavy atom. The van der Waals surface area contributed by atoms with Gasteiger partial charge in [0, 0.05) is 47.9 Å². The van der Waals surface area contributed by atoms with Gasteiger partial charge in [0.25, 0.3) is 11.5 Å². The fourth-order valence-corrected chi connectivity index (χ4v) is 4.06. The monoisotopic (exact) mass is 328 g/mol. The molecule has 2 unspecified atom stereocenters. The van der Waals surface area contributed by atoms with Crippen LogP contribution < -0.4 is 5.56 Å². The van der Waals surface area contributed by atoms with Gasteiger partial charge >= 0.3 is 0 Å². The zero-order valence-electron chi connectivity index (χ0n) is 12.6. The predicted molar refractivity (Wildman–Crippen MR) is 88.9 cm³/mol. The van der Waals surface area contributed by atoms with Crippen molar-refractivity contribution >= 4 is 17.5 Å². The van der Waals surface area contributed by atoms with E-state index in [0.29, 0.717) is 36.1 Å². The molecule has 2 bridgehead atoms. The smallest absolute Gasteiger partial charge is 0.253 e. The van der Waals surface area contributed by atoms with Gasteiger partial charge in [-0.05, 0) is 36.6 Å². The lowest BCUT2D eigenvalue weighted by Gasteiger charge is -2.42. The van der Waals surface area contributed by atoms with Crippen molar-refractivity contribution in [2.45, 2.75) is 18.9 Å². The molecule has 0 radical (unpaired) electrons. The summed E-state index contributed by atoms with van der Waals surface area (Å²) < 4.78 is 1.88. The van der Waals surface area contributed by atoms with Gasteiger partial charge in [0.15, 0.2) is 0 Å². The van der Waals surface area contributed by atoms with Gasteiger partial charge in [0.2, 0.25) is 0 Å². The standard InChI is InChI=1S/C18H17ClN2O2/c19-15-4-1-3-13(8-15)18(23)20-9-12-7-14(11-20)16-5-2-6-17(22)21(16)10-12/h1-6,8,12,14H,7,9-11H2. The number of rotatable bonds is 1. The van der Waals surface area contributed by atoms with Crippen LogP contribution in [0.3, 0.4) is 0 Å². The molecule has 1 amide bonds. The van der Waals surface area contributed by atoms with Crippen molar-refractivity contribution in [3.05, 3.63) is 69.1 Å². The zero-order valence-corrected chi connectivity index (χ0v) is 13.4. The van der Waals surface area contributed by atoms with E-state index >= 15 is 0 Å². The first kappa shape index (κ1) is 14.5. The van der Waals surface area contributed by atoms with E-state index in [-0.39, 0.29) is 17.4 Å². The minimum Gasteiger partial charge on any atom is -0.338 e. The first-order valence-corrected chi connectivity index (χ1v) is 8.24. The first-order chi connectivity index (χ1) is 11.1. The minimum atomic E-state index is 0.0222. The third-order valence-electron chi connectivity index (χ3n) is 4.84. The number of pyridine rings is 1. The summed E-state index contributed by atoms with van der Waals surface area (Å²) in [5.41, 5.74) is 1.74. The van der Waals surface area contributed by atoms with Crippen LogP contribution in [0.25, 0.3) is 0 Å². The zero-order chi connectivity index (χ0) is 16.0. The molecule has 2 aliphatic heterocycles. The number of piperidine rings is 1. The van der Waals surface area contributed by atoms with E-state index in [4.69, 9.17) is 11.6 Å². The average molecular weight is 329 g/mol. The molecular formula is C18H17ClN2O2. The van der Waals surface area contributed by atoms with E-state index in [0.717, 1.165) is 12.1 Å². The van der Waals surface area contributed by atoms with Crippen molar-refractivity contribution in [1.29, 1.82) is 0 Å². The molecule has 4 nitrogen and oxygen atoms in total. The number of benzene rings is 1. The molecule has 1 fully saturated rings. The molecule has 0 saturated carbocycles. The largest absolute Gasteiger partial charge is 0.338 e. The Hall–Kier alpha value is -2.07. The third kappa shape index (κ3) is 2.57. The summed E-state index contributed by atoms with van der Waals surface area (Å²) in [4.78, 5) is 26.7. The van der Waals surface area contributed by atoms with E-state index < -0.39 is 0 Å². The third-order valence-corrected chi connectivity index (χ3v) is 5.07. The Kier molecular flexibility index (Phi) is 3.49. The van der Waals surface area contributed by atoms with E-state index in [1.54, 1.807) is 30.3 Å². The second kappa shape index (κ2) is 5.53. The van der Waals surface area contributed by atoms with Crippen molar-refractivity contribution in [2.24, 2.45) is 5.92 Å². The van der Waals surface area contributed by atoms with Crippen LogP contribution >= 0.6 is 11.6 Å². The van der Waals surface area contributed by atoms with Crippen LogP contribution in [-0.2, 0) is 6.54 Å². The van der Waals surface area contributed by atoms with E-state index in [1.165, 1.54) is 0 Å². The highest BCUT2D eigenvalue weighted by molar-refractivity contribution is 6.30. The van der Waals surface area contributed by atoms with Crippen LogP contribution in [0.2, 0.25) is 5.02 Å². The lowest BCUT2D eigenvalue weighted by Crippen LogP contribution is -2.49. The van der Waals surface area contributed by atoms with Gasteiger partial charge in [-0.25, -0.2) is 0 Å². The second-order valence-corrected chi connectivity index (χ2v) is 6.86. The molecule has 2 atom stereocenters. The summed E-state index contributed by atoms with van der Waals surface area (Å²) >= 11 is 6.00. The van der Waals surface area contributed by atoms with Gasteiger partial charge in [-0.1, -0.05) is 23.7 Å². The summed E-state index contributed by atoms with van der Waals surface area (Å²) in [6.45, 7) is 2.05. The van der Waals surface area contributed by atoms with Gasteiger partial charge in [-0.15, -0.1) is 0 Å². The topological polar surface area (TPSA) is 42.3 Å². The summed E-state index contributed by atoms with van der Waals surface area (Å²) in [5.74, 6) is 0.595. The second-order valence-electron chi connectivity index (χ2n) is 6.42. The van der Waals surface area contributed by atoms with Crippen LogP contribution in [0.15, 0.2) is 47.3 Å². The number of aromatic nitrogens is 1. The van der Waals surface area contributed by atoms with Crippen LogP contribution in [0.4, 0.5) is 0 Å². The first-order valence-electron chi connectivity index (χ1n) is 7.86. The number of carbonyl (C=O) groups is 1. The van der Waals surface area contributed by atoms with Gasteiger partial charge < -0.3 is 9.47 Å². The van der Waals surface area contributed by atoms with Crippen LogP contribution in [0, 0.1) is 5.92 Å². The molecular weight excluding hydrogens is 312 g/mol. The number of likely N-dealkylation sites (tertiary alicyclic amines) is 1. The molecule has 0 spiro atoms. The van der Waals surface area contributed by atoms with Crippen LogP contribution in [-0.4, -0.2) is 28.5 Å². The average Bonchev–Trinajstić information content (AvgIpc) is 2.55. The molecule has 5 heteroatoms. The number of hydrogen-bond acceptors (Lipinski definition) is 2. The fourth-order valence-electron chi connectivity index (χ4n) is 3.87. The van der Waals surface area contributed by atoms with Crippen molar-refractivity contribution in [3.8, 4) is 0 Å². The highest BCUT2D eigenvalue weighted by Gasteiger charge is 2.36. The molecule has 3 heterocycles. The Labute approximate surface area is 139 Å². The van der Waals surface area contributed by atoms with Crippen LogP contribution in [0.1, 0.15) is 28.4 Å². The van der Waals surface area contributed by atoms with Gasteiger partial charge in [0.05, 0.1) is 0 Å². The SMILES string of the molecule is O=C(c1cccc(Cl)c1)N1CC2CC(C1)c1cccc(=O)n1C2. The summed E-state index contributed by atoms with van der Waals surface area (Å²) in [6, 6.07) is 12.5. The maximum Gasteiger partial charge on any atom is 0.253 e. The number of halogens is 1. The molecule has 4 rings (SSSR count). The van der Waals surface area contributed by atoms with Gasteiger partial charge in [0.1, 0.15) is 0 Å². The molecule has 1 aromatic carbocycles. The molecule has 1 saturated heterocycles. The lowest BCUT2D eigenvalue weighted by atomic mass is 9.83. The minimum absolute atomic E-state index is 0.0222. The Morgan fingerprint density at radius 3 is 2.74 bits per heavy atom. The Morgan fingerprint density at radius 1 is 1.09 bits per heavy atom. The summed E-state index contributed by atoms with van der Waals surface area (Å²) in [5, 5.41) is 0.574. The van der Waals surface area contributed by atoms with Crippen molar-refractivity contribution in [3.63, 3.8) is 0 Å². The van der Waals surface area contributed by atoms with E-state index in [9.17, 15) is 9.59 Å². The Balaban J connectivity index is 1.63. The lowest BCUT2D eigenvalue weighted by molar-refractivity contribution is 0.0594. The normalized spacial score (nSPS) is 22.6. The molecule has 118 valence electrons. The highest BCUT2D eigenvalue weighted by atomic mass is 35.5. The van der Waals surface area contributed by atoms with Crippen LogP contribution in [0.5, 0.6) is 0 Å². The number of fused-ring (bicyclic) bond motifs is 4. The number of hydrogen-bond donors (Lipinski definition) is 0. The van der Waals surface area contributed by atoms with Crippen molar-refractivity contribution in [2.75, 3.05) is 13.1 Å². The number of nitrogens with zero attached hydrogens (tertiary/aromatic N) is 2. The highest BCUT2D eigenvalue weighted by Crippen LogP contribution is 2.35. The molecule has 0 N–H and O–H groups in total. The summed E-state index contributed by atoms with van der Waals surface area (Å²) in [6.07, 6.45) is 1.04. The van der Waals surface area contributed by atoms with Crippen molar-refractivity contribution < 1.29 is 4.79 Å². The van der Waals surface area contributed by atoms with E-state index in [2.05, 4.69) is 0 Å². The number of amides is 1. The predicted octanol–water partition coefficient (Wildman–Crippen LogP) is 2.76. The van der Waals surface area contributed by atoms with Gasteiger partial charge in [-0.2, -0.15) is 0 Å².